The number of carboxylic acids is 1. The molecule has 122 valence electrons. The Balaban J connectivity index is 2.75. The van der Waals surface area contributed by atoms with E-state index in [0.717, 1.165) is 38.6 Å². The highest BCUT2D eigenvalue weighted by Gasteiger charge is 2.31. The van der Waals surface area contributed by atoms with Crippen LogP contribution in [0.2, 0.25) is 0 Å². The van der Waals surface area contributed by atoms with E-state index in [-0.39, 0.29) is 18.6 Å². The van der Waals surface area contributed by atoms with Crippen molar-refractivity contribution < 1.29 is 14.7 Å². The normalized spacial score (nSPS) is 15.4. The van der Waals surface area contributed by atoms with Gasteiger partial charge in [-0.15, -0.1) is 0 Å². The van der Waals surface area contributed by atoms with E-state index in [2.05, 4.69) is 0 Å². The minimum Gasteiger partial charge on any atom is -0.480 e. The molecule has 1 saturated carbocycles. The molecule has 6 nitrogen and oxygen atoms in total. The number of carbonyl (C=O) groups is 2. The second-order valence-corrected chi connectivity index (χ2v) is 6.03. The minimum absolute atomic E-state index is 0.0901. The smallest absolute Gasteiger partial charge is 0.323 e. The summed E-state index contributed by atoms with van der Waals surface area (Å²) in [5.41, 5.74) is 0. The molecule has 0 aromatic carbocycles. The molecule has 1 rings (SSSR count). The first kappa shape index (κ1) is 17.8. The molecule has 1 N–H and O–H groups in total. The van der Waals surface area contributed by atoms with Crippen LogP contribution in [0, 0.1) is 0 Å². The average molecular weight is 299 g/mol. The molecule has 0 aromatic heterocycles. The maximum atomic E-state index is 12.7. The van der Waals surface area contributed by atoms with Gasteiger partial charge in [0.2, 0.25) is 0 Å². The first-order valence-electron chi connectivity index (χ1n) is 7.87. The highest BCUT2D eigenvalue weighted by atomic mass is 16.4. The second-order valence-electron chi connectivity index (χ2n) is 6.03. The number of aliphatic carboxylic acids is 1. The van der Waals surface area contributed by atoms with Crippen LogP contribution < -0.4 is 0 Å². The fraction of sp³-hybridized carbons (Fsp3) is 0.867. The third-order valence-electron chi connectivity index (χ3n) is 3.90. The van der Waals surface area contributed by atoms with Crippen LogP contribution >= 0.6 is 0 Å². The largest absolute Gasteiger partial charge is 0.480 e. The molecular formula is C15H29N3O3. The zero-order valence-corrected chi connectivity index (χ0v) is 13.5. The molecule has 0 radical (unpaired) electrons. The first-order chi connectivity index (χ1) is 9.95. The van der Waals surface area contributed by atoms with Crippen LogP contribution in [-0.2, 0) is 4.79 Å². The predicted octanol–water partition coefficient (Wildman–Crippen LogP) is 1.71. The SMILES string of the molecule is CCCN(CCN(C)C)C(=O)N(CC(=O)O)C1CCCC1. The van der Waals surface area contributed by atoms with Gasteiger partial charge in [0.25, 0.3) is 0 Å². The van der Waals surface area contributed by atoms with Crippen molar-refractivity contribution in [2.75, 3.05) is 40.3 Å². The molecule has 1 aliphatic carbocycles. The molecule has 1 aliphatic rings. The Morgan fingerprint density at radius 1 is 1.10 bits per heavy atom. The summed E-state index contributed by atoms with van der Waals surface area (Å²) in [6, 6.07) is -0.0275. The minimum atomic E-state index is -0.931. The molecule has 0 atom stereocenters. The van der Waals surface area contributed by atoms with E-state index >= 15 is 0 Å². The fourth-order valence-corrected chi connectivity index (χ4v) is 2.79. The molecule has 0 saturated heterocycles. The van der Waals surface area contributed by atoms with E-state index in [1.165, 1.54) is 0 Å². The van der Waals surface area contributed by atoms with Crippen LogP contribution in [0.3, 0.4) is 0 Å². The van der Waals surface area contributed by atoms with Gasteiger partial charge in [0.15, 0.2) is 0 Å². The molecule has 0 spiro atoms. The van der Waals surface area contributed by atoms with Crippen molar-refractivity contribution in [3.63, 3.8) is 0 Å². The highest BCUT2D eigenvalue weighted by Crippen LogP contribution is 2.24. The summed E-state index contributed by atoms with van der Waals surface area (Å²) < 4.78 is 0. The lowest BCUT2D eigenvalue weighted by atomic mass is 10.2. The molecule has 2 amide bonds. The monoisotopic (exact) mass is 299 g/mol. The molecule has 6 heteroatoms. The number of rotatable bonds is 8. The van der Waals surface area contributed by atoms with E-state index in [1.807, 2.05) is 25.9 Å². The van der Waals surface area contributed by atoms with Crippen molar-refractivity contribution in [3.05, 3.63) is 0 Å². The van der Waals surface area contributed by atoms with Gasteiger partial charge in [-0.3, -0.25) is 4.79 Å². The van der Waals surface area contributed by atoms with Gasteiger partial charge in [-0.2, -0.15) is 0 Å². The van der Waals surface area contributed by atoms with Crippen LogP contribution in [0.25, 0.3) is 0 Å². The van der Waals surface area contributed by atoms with Gasteiger partial charge in [0, 0.05) is 25.7 Å². The number of urea groups is 1. The van der Waals surface area contributed by atoms with Gasteiger partial charge < -0.3 is 19.8 Å². The predicted molar refractivity (Wildman–Crippen MR) is 82.4 cm³/mol. The number of amides is 2. The second kappa shape index (κ2) is 8.87. The number of carbonyl (C=O) groups excluding carboxylic acids is 1. The molecular weight excluding hydrogens is 270 g/mol. The van der Waals surface area contributed by atoms with Crippen LogP contribution in [0.5, 0.6) is 0 Å². The Morgan fingerprint density at radius 2 is 1.71 bits per heavy atom. The zero-order valence-electron chi connectivity index (χ0n) is 13.5. The summed E-state index contributed by atoms with van der Waals surface area (Å²) in [6.07, 6.45) is 4.89. The Hall–Kier alpha value is -1.30. The number of hydrogen-bond donors (Lipinski definition) is 1. The average Bonchev–Trinajstić information content (AvgIpc) is 2.93. The molecule has 0 bridgehead atoms. The lowest BCUT2D eigenvalue weighted by molar-refractivity contribution is -0.138. The van der Waals surface area contributed by atoms with Gasteiger partial charge in [0.05, 0.1) is 0 Å². The Bertz CT molecular complexity index is 341. The zero-order chi connectivity index (χ0) is 15.8. The van der Waals surface area contributed by atoms with Gasteiger partial charge in [-0.1, -0.05) is 19.8 Å². The van der Waals surface area contributed by atoms with Gasteiger partial charge in [-0.05, 0) is 33.4 Å². The number of likely N-dealkylation sites (N-methyl/N-ethyl adjacent to an activating group) is 1. The van der Waals surface area contributed by atoms with E-state index in [1.54, 1.807) is 9.80 Å². The van der Waals surface area contributed by atoms with Gasteiger partial charge in [-0.25, -0.2) is 4.79 Å². The van der Waals surface area contributed by atoms with Crippen molar-refractivity contribution in [2.24, 2.45) is 0 Å². The van der Waals surface area contributed by atoms with Crippen LogP contribution in [0.1, 0.15) is 39.0 Å². The van der Waals surface area contributed by atoms with E-state index in [0.29, 0.717) is 13.1 Å². The molecule has 0 unspecified atom stereocenters. The Labute approximate surface area is 127 Å². The Kier molecular flexibility index (Phi) is 7.50. The first-order valence-corrected chi connectivity index (χ1v) is 7.87. The fourth-order valence-electron chi connectivity index (χ4n) is 2.79. The van der Waals surface area contributed by atoms with E-state index < -0.39 is 5.97 Å². The molecule has 0 aromatic rings. The molecule has 21 heavy (non-hydrogen) atoms. The summed E-state index contributed by atoms with van der Waals surface area (Å²) in [5, 5.41) is 9.10. The summed E-state index contributed by atoms with van der Waals surface area (Å²) in [6.45, 7) is 3.95. The standard InChI is InChI=1S/C15H29N3O3/c1-4-9-17(11-10-16(2)3)15(21)18(12-14(19)20)13-7-5-6-8-13/h13H,4-12H2,1-3H3,(H,19,20). The summed E-state index contributed by atoms with van der Waals surface area (Å²) in [7, 11) is 3.95. The highest BCUT2D eigenvalue weighted by molar-refractivity contribution is 5.80. The number of carboxylic acid groups (broad SMARTS) is 1. The maximum absolute atomic E-state index is 12.7. The van der Waals surface area contributed by atoms with Crippen molar-refractivity contribution >= 4 is 12.0 Å². The van der Waals surface area contributed by atoms with E-state index in [4.69, 9.17) is 5.11 Å². The third kappa shape index (κ3) is 5.91. The number of nitrogens with zero attached hydrogens (tertiary/aromatic N) is 3. The van der Waals surface area contributed by atoms with Gasteiger partial charge in [0.1, 0.15) is 6.54 Å². The Morgan fingerprint density at radius 3 is 2.19 bits per heavy atom. The molecule has 0 aliphatic heterocycles. The third-order valence-corrected chi connectivity index (χ3v) is 3.90. The summed E-state index contributed by atoms with van der Waals surface area (Å²) in [4.78, 5) is 29.2. The van der Waals surface area contributed by atoms with Crippen LogP contribution in [-0.4, -0.2) is 78.1 Å². The molecule has 1 fully saturated rings. The summed E-state index contributed by atoms with van der Waals surface area (Å²) >= 11 is 0. The molecule has 0 heterocycles. The van der Waals surface area contributed by atoms with Gasteiger partial charge >= 0.3 is 12.0 Å². The maximum Gasteiger partial charge on any atom is 0.323 e. The summed E-state index contributed by atoms with van der Waals surface area (Å²) in [5.74, 6) is -0.931. The van der Waals surface area contributed by atoms with Crippen molar-refractivity contribution in [2.45, 2.75) is 45.1 Å². The topological polar surface area (TPSA) is 64.1 Å². The van der Waals surface area contributed by atoms with Crippen molar-refractivity contribution in [1.29, 1.82) is 0 Å². The number of hydrogen-bond acceptors (Lipinski definition) is 3. The van der Waals surface area contributed by atoms with Crippen LogP contribution in [0.15, 0.2) is 0 Å². The quantitative estimate of drug-likeness (QED) is 0.741. The van der Waals surface area contributed by atoms with Crippen molar-refractivity contribution in [3.8, 4) is 0 Å². The van der Waals surface area contributed by atoms with Crippen LogP contribution in [0.4, 0.5) is 4.79 Å². The lowest BCUT2D eigenvalue weighted by Crippen LogP contribution is -2.51. The van der Waals surface area contributed by atoms with E-state index in [9.17, 15) is 9.59 Å². The van der Waals surface area contributed by atoms with Crippen molar-refractivity contribution in [1.82, 2.24) is 14.7 Å². The lowest BCUT2D eigenvalue weighted by Gasteiger charge is -2.34.